The summed E-state index contributed by atoms with van der Waals surface area (Å²) in [5, 5.41) is 2.78. The fourth-order valence-corrected chi connectivity index (χ4v) is 2.83. The van der Waals surface area contributed by atoms with Crippen molar-refractivity contribution in [3.63, 3.8) is 0 Å². The molecule has 1 aromatic heterocycles. The molecule has 1 N–H and O–H groups in total. The number of fused-ring (bicyclic) bond motifs is 1. The third kappa shape index (κ3) is 3.45. The second kappa shape index (κ2) is 6.82. The minimum atomic E-state index is -2.89. The first-order chi connectivity index (χ1) is 11.5. The van der Waals surface area contributed by atoms with E-state index in [2.05, 4.69) is 10.1 Å². The summed E-state index contributed by atoms with van der Waals surface area (Å²) in [4.78, 5) is 24.2. The van der Waals surface area contributed by atoms with Gasteiger partial charge in [-0.05, 0) is 36.2 Å². The van der Waals surface area contributed by atoms with Crippen molar-refractivity contribution < 1.29 is 23.1 Å². The molecule has 2 aromatic rings. The van der Waals surface area contributed by atoms with E-state index in [0.717, 1.165) is 0 Å². The maximum Gasteiger partial charge on any atom is 0.387 e. The Morgan fingerprint density at radius 1 is 1.33 bits per heavy atom. The van der Waals surface area contributed by atoms with Gasteiger partial charge >= 0.3 is 6.61 Å². The average Bonchev–Trinajstić information content (AvgIpc) is 3.03. The normalized spacial score (nSPS) is 16.8. The number of ether oxygens (including phenoxy) is 1. The highest BCUT2D eigenvalue weighted by molar-refractivity contribution is 5.97. The molecule has 1 amide bonds. The Balaban J connectivity index is 1.65. The molecule has 1 unspecified atom stereocenters. The van der Waals surface area contributed by atoms with Gasteiger partial charge in [0.05, 0.1) is 5.69 Å². The van der Waals surface area contributed by atoms with Gasteiger partial charge in [-0.15, -0.1) is 0 Å². The fraction of sp³-hybridized carbons (Fsp3) is 0.294. The summed E-state index contributed by atoms with van der Waals surface area (Å²) >= 11 is 0. The lowest BCUT2D eigenvalue weighted by atomic mass is 10.0. The van der Waals surface area contributed by atoms with Gasteiger partial charge in [-0.3, -0.25) is 9.59 Å². The van der Waals surface area contributed by atoms with Crippen molar-refractivity contribution in [2.24, 2.45) is 0 Å². The molecule has 0 aliphatic carbocycles. The van der Waals surface area contributed by atoms with Gasteiger partial charge in [0.25, 0.3) is 0 Å². The predicted molar refractivity (Wildman–Crippen MR) is 82.0 cm³/mol. The van der Waals surface area contributed by atoms with Crippen LogP contribution in [0.2, 0.25) is 0 Å². The van der Waals surface area contributed by atoms with E-state index in [1.54, 1.807) is 35.0 Å². The molecule has 1 atom stereocenters. The highest BCUT2D eigenvalue weighted by atomic mass is 19.3. The minimum absolute atomic E-state index is 0.0286. The van der Waals surface area contributed by atoms with Crippen LogP contribution < -0.4 is 10.1 Å². The van der Waals surface area contributed by atoms with Gasteiger partial charge in [0.1, 0.15) is 11.8 Å². The zero-order valence-electron chi connectivity index (χ0n) is 12.7. The van der Waals surface area contributed by atoms with Crippen LogP contribution in [0.15, 0.2) is 42.6 Å². The van der Waals surface area contributed by atoms with E-state index in [1.165, 1.54) is 12.1 Å². The summed E-state index contributed by atoms with van der Waals surface area (Å²) in [7, 11) is 0. The number of carbonyl (C=O) groups is 2. The predicted octanol–water partition coefficient (Wildman–Crippen LogP) is 2.92. The summed E-state index contributed by atoms with van der Waals surface area (Å²) in [5.41, 5.74) is 1.19. The van der Waals surface area contributed by atoms with Crippen molar-refractivity contribution in [2.75, 3.05) is 0 Å². The maximum absolute atomic E-state index is 12.4. The number of aromatic nitrogens is 1. The molecule has 1 aliphatic heterocycles. The third-order valence-electron chi connectivity index (χ3n) is 3.94. The van der Waals surface area contributed by atoms with Crippen LogP contribution in [0, 0.1) is 0 Å². The summed E-state index contributed by atoms with van der Waals surface area (Å²) in [6.45, 7) is -2.69. The first-order valence-corrected chi connectivity index (χ1v) is 7.56. The summed E-state index contributed by atoms with van der Waals surface area (Å²) in [6, 6.07) is 9.19. The number of Topliss-reactive ketones (excluding diaryl/α,β-unsaturated/α-hetero) is 1. The molecule has 0 fully saturated rings. The van der Waals surface area contributed by atoms with Crippen LogP contribution in [0.1, 0.15) is 34.9 Å². The van der Waals surface area contributed by atoms with Crippen LogP contribution in [-0.4, -0.2) is 22.9 Å². The van der Waals surface area contributed by atoms with E-state index in [0.29, 0.717) is 24.1 Å². The van der Waals surface area contributed by atoms with Crippen molar-refractivity contribution in [3.05, 3.63) is 53.9 Å². The monoisotopic (exact) mass is 334 g/mol. The zero-order valence-corrected chi connectivity index (χ0v) is 12.7. The summed E-state index contributed by atoms with van der Waals surface area (Å²) in [5.74, 6) is -0.131. The highest BCUT2D eigenvalue weighted by Gasteiger charge is 2.29. The number of benzene rings is 1. The molecular weight excluding hydrogens is 318 g/mol. The van der Waals surface area contributed by atoms with E-state index in [1.807, 2.05) is 0 Å². The van der Waals surface area contributed by atoms with E-state index in [-0.39, 0.29) is 24.0 Å². The molecule has 2 heterocycles. The first-order valence-electron chi connectivity index (χ1n) is 7.56. The Hall–Kier alpha value is -2.70. The molecule has 7 heteroatoms. The Kier molecular flexibility index (Phi) is 4.59. The van der Waals surface area contributed by atoms with Gasteiger partial charge in [0.2, 0.25) is 5.91 Å². The highest BCUT2D eigenvalue weighted by Crippen LogP contribution is 2.25. The van der Waals surface area contributed by atoms with E-state index in [4.69, 9.17) is 0 Å². The fourth-order valence-electron chi connectivity index (χ4n) is 2.83. The number of ketones is 1. The van der Waals surface area contributed by atoms with Crippen molar-refractivity contribution in [3.8, 4) is 5.75 Å². The van der Waals surface area contributed by atoms with E-state index < -0.39 is 12.7 Å². The standard InChI is InChI=1S/C17H16F2N2O3/c18-17(19)24-12-4-1-3-11(9-12)10-20-16(23)14-6-7-15(22)13-5-2-8-21(13)14/h1-5,8-9,14,17H,6-7,10H2,(H,20,23). The van der Waals surface area contributed by atoms with Crippen LogP contribution >= 0.6 is 0 Å². The number of amides is 1. The SMILES string of the molecule is O=C1CCC(C(=O)NCc2cccc(OC(F)F)c2)n2cccc21. The molecule has 0 bridgehead atoms. The Labute approximate surface area is 137 Å². The molecule has 1 aliphatic rings. The Morgan fingerprint density at radius 3 is 2.96 bits per heavy atom. The molecule has 126 valence electrons. The summed E-state index contributed by atoms with van der Waals surface area (Å²) in [6.07, 6.45) is 2.49. The van der Waals surface area contributed by atoms with Crippen molar-refractivity contribution in [1.82, 2.24) is 9.88 Å². The number of hydrogen-bond donors (Lipinski definition) is 1. The number of hydrogen-bond acceptors (Lipinski definition) is 3. The number of carbonyl (C=O) groups excluding carboxylic acids is 2. The summed E-state index contributed by atoms with van der Waals surface area (Å²) < 4.78 is 30.5. The topological polar surface area (TPSA) is 60.3 Å². The van der Waals surface area contributed by atoms with Crippen molar-refractivity contribution in [2.45, 2.75) is 32.0 Å². The second-order valence-electron chi connectivity index (χ2n) is 5.52. The second-order valence-corrected chi connectivity index (χ2v) is 5.52. The van der Waals surface area contributed by atoms with Crippen molar-refractivity contribution in [1.29, 1.82) is 0 Å². The molecule has 24 heavy (non-hydrogen) atoms. The molecule has 0 saturated heterocycles. The Morgan fingerprint density at radius 2 is 2.17 bits per heavy atom. The molecular formula is C17H16F2N2O3. The lowest BCUT2D eigenvalue weighted by Gasteiger charge is -2.24. The first kappa shape index (κ1) is 16.2. The lowest BCUT2D eigenvalue weighted by molar-refractivity contribution is -0.124. The van der Waals surface area contributed by atoms with Crippen LogP contribution in [0.5, 0.6) is 5.75 Å². The van der Waals surface area contributed by atoms with Gasteiger partial charge in [-0.25, -0.2) is 0 Å². The van der Waals surface area contributed by atoms with Crippen LogP contribution in [-0.2, 0) is 11.3 Å². The van der Waals surface area contributed by atoms with E-state index in [9.17, 15) is 18.4 Å². The molecule has 3 rings (SSSR count). The lowest BCUT2D eigenvalue weighted by Crippen LogP contribution is -2.35. The molecule has 0 saturated carbocycles. The third-order valence-corrected chi connectivity index (χ3v) is 3.94. The number of nitrogens with zero attached hydrogens (tertiary/aromatic N) is 1. The van der Waals surface area contributed by atoms with Gasteiger partial charge in [0.15, 0.2) is 5.78 Å². The number of nitrogens with one attached hydrogen (secondary N) is 1. The largest absolute Gasteiger partial charge is 0.435 e. The van der Waals surface area contributed by atoms with Crippen LogP contribution in [0.25, 0.3) is 0 Å². The maximum atomic E-state index is 12.4. The van der Waals surface area contributed by atoms with Gasteiger partial charge in [-0.1, -0.05) is 12.1 Å². The van der Waals surface area contributed by atoms with Gasteiger partial charge in [-0.2, -0.15) is 8.78 Å². The number of halogens is 2. The Bertz CT molecular complexity index is 758. The molecule has 0 radical (unpaired) electrons. The molecule has 5 nitrogen and oxygen atoms in total. The zero-order chi connectivity index (χ0) is 17.1. The van der Waals surface area contributed by atoms with E-state index >= 15 is 0 Å². The van der Waals surface area contributed by atoms with Gasteiger partial charge in [0, 0.05) is 19.2 Å². The molecule has 0 spiro atoms. The van der Waals surface area contributed by atoms with Crippen molar-refractivity contribution >= 4 is 11.7 Å². The number of alkyl halides is 2. The molecule has 1 aromatic carbocycles. The average molecular weight is 334 g/mol. The van der Waals surface area contributed by atoms with Gasteiger partial charge < -0.3 is 14.6 Å². The van der Waals surface area contributed by atoms with Crippen LogP contribution in [0.4, 0.5) is 8.78 Å². The quantitative estimate of drug-likeness (QED) is 0.914. The van der Waals surface area contributed by atoms with Crippen LogP contribution in [0.3, 0.4) is 0 Å². The minimum Gasteiger partial charge on any atom is -0.435 e. The smallest absolute Gasteiger partial charge is 0.387 e. The number of rotatable bonds is 5.